The lowest BCUT2D eigenvalue weighted by atomic mass is 10.1. The van der Waals surface area contributed by atoms with E-state index in [0.29, 0.717) is 5.56 Å². The van der Waals surface area contributed by atoms with E-state index in [-0.39, 0.29) is 5.97 Å². The van der Waals surface area contributed by atoms with E-state index in [1.54, 1.807) is 17.8 Å². The number of hydrogen-bond acceptors (Lipinski definition) is 4. The third-order valence-electron chi connectivity index (χ3n) is 3.07. The Morgan fingerprint density at radius 3 is 2.86 bits per heavy atom. The number of ether oxygens (including phenoxy) is 1. The van der Waals surface area contributed by atoms with E-state index in [2.05, 4.69) is 39.2 Å². The fourth-order valence-corrected chi connectivity index (χ4v) is 3.28. The molecule has 0 saturated carbocycles. The van der Waals surface area contributed by atoms with Gasteiger partial charge in [-0.05, 0) is 47.3 Å². The smallest absolute Gasteiger partial charge is 0.337 e. The lowest BCUT2D eigenvalue weighted by Gasteiger charge is -2.09. The number of esters is 1. The van der Waals surface area contributed by atoms with Crippen molar-refractivity contribution >= 4 is 33.7 Å². The predicted molar refractivity (Wildman–Crippen MR) is 89.7 cm³/mol. The largest absolute Gasteiger partial charge is 0.465 e. The molecule has 0 atom stereocenters. The summed E-state index contributed by atoms with van der Waals surface area (Å²) in [5, 5.41) is 3.30. The van der Waals surface area contributed by atoms with Crippen LogP contribution in [-0.4, -0.2) is 32.4 Å². The van der Waals surface area contributed by atoms with Gasteiger partial charge in [-0.1, -0.05) is 17.9 Å². The van der Waals surface area contributed by atoms with Crippen molar-refractivity contribution in [1.82, 2.24) is 5.32 Å². The summed E-state index contributed by atoms with van der Waals surface area (Å²) in [4.78, 5) is 12.6. The minimum atomic E-state index is -0.343. The zero-order chi connectivity index (χ0) is 15.2. The fraction of sp³-hybridized carbons (Fsp3) is 0.312. The molecule has 110 valence electrons. The molecule has 1 aromatic rings. The van der Waals surface area contributed by atoms with E-state index in [4.69, 9.17) is 4.74 Å². The van der Waals surface area contributed by atoms with Crippen LogP contribution in [0, 0.1) is 11.8 Å². The molecule has 1 aliphatic rings. The van der Waals surface area contributed by atoms with Crippen LogP contribution in [0.3, 0.4) is 0 Å². The summed E-state index contributed by atoms with van der Waals surface area (Å²) in [6.45, 7) is 1.83. The lowest BCUT2D eigenvalue weighted by Crippen LogP contribution is -2.21. The number of carbonyl (C=O) groups excluding carboxylic acids is 1. The van der Waals surface area contributed by atoms with E-state index in [9.17, 15) is 4.79 Å². The number of thioether (sulfide) groups is 1. The second-order valence-corrected chi connectivity index (χ2v) is 6.17. The highest BCUT2D eigenvalue weighted by molar-refractivity contribution is 9.10. The summed E-state index contributed by atoms with van der Waals surface area (Å²) < 4.78 is 5.58. The molecule has 5 heteroatoms. The minimum Gasteiger partial charge on any atom is -0.465 e. The van der Waals surface area contributed by atoms with Crippen LogP contribution in [0.15, 0.2) is 33.2 Å². The molecule has 0 aromatic heterocycles. The standard InChI is InChI=1S/C16H16BrNO2S/c1-20-16(19)12-8-14(17)13(15(9-12)21-2)6-5-11-4-3-7-18-10-11/h4,8-9,18H,3,7,10H2,1-2H3. The number of rotatable bonds is 2. The second-order valence-electron chi connectivity index (χ2n) is 4.47. The van der Waals surface area contributed by atoms with Gasteiger partial charge < -0.3 is 10.1 Å². The molecule has 0 spiro atoms. The molecule has 0 fully saturated rings. The van der Waals surface area contributed by atoms with Crippen LogP contribution in [0.1, 0.15) is 22.3 Å². The maximum absolute atomic E-state index is 11.6. The molecule has 1 N–H and O–H groups in total. The van der Waals surface area contributed by atoms with Crippen LogP contribution in [0.4, 0.5) is 0 Å². The SMILES string of the molecule is COC(=O)c1cc(Br)c(C#CC2=CCCNC2)c(SC)c1. The van der Waals surface area contributed by atoms with Gasteiger partial charge in [-0.25, -0.2) is 4.79 Å². The molecule has 0 amide bonds. The fourth-order valence-electron chi connectivity index (χ4n) is 1.98. The van der Waals surface area contributed by atoms with Crippen molar-refractivity contribution in [2.24, 2.45) is 0 Å². The Morgan fingerprint density at radius 1 is 1.43 bits per heavy atom. The van der Waals surface area contributed by atoms with Gasteiger partial charge in [0, 0.05) is 21.5 Å². The Hall–Kier alpha value is -1.22. The highest BCUT2D eigenvalue weighted by Gasteiger charge is 2.12. The number of benzene rings is 1. The number of hydrogen-bond donors (Lipinski definition) is 1. The third-order valence-corrected chi connectivity index (χ3v) is 4.46. The quantitative estimate of drug-likeness (QED) is 0.496. The molecule has 0 radical (unpaired) electrons. The van der Waals surface area contributed by atoms with E-state index in [0.717, 1.165) is 40.0 Å². The lowest BCUT2D eigenvalue weighted by molar-refractivity contribution is 0.0600. The van der Waals surface area contributed by atoms with Gasteiger partial charge in [0.15, 0.2) is 0 Å². The molecule has 0 aliphatic carbocycles. The zero-order valence-corrected chi connectivity index (χ0v) is 14.4. The van der Waals surface area contributed by atoms with Gasteiger partial charge in [0.1, 0.15) is 0 Å². The van der Waals surface area contributed by atoms with Gasteiger partial charge in [-0.2, -0.15) is 0 Å². The molecule has 0 bridgehead atoms. The van der Waals surface area contributed by atoms with E-state index >= 15 is 0 Å². The number of nitrogens with one attached hydrogen (secondary N) is 1. The minimum absolute atomic E-state index is 0.343. The van der Waals surface area contributed by atoms with Gasteiger partial charge >= 0.3 is 5.97 Å². The molecule has 1 heterocycles. The summed E-state index contributed by atoms with van der Waals surface area (Å²) in [7, 11) is 1.38. The molecule has 21 heavy (non-hydrogen) atoms. The van der Waals surface area contributed by atoms with Crippen molar-refractivity contribution in [2.75, 3.05) is 26.5 Å². The summed E-state index contributed by atoms with van der Waals surface area (Å²) >= 11 is 5.07. The number of carbonyl (C=O) groups is 1. The van der Waals surface area contributed by atoms with Gasteiger partial charge in [0.05, 0.1) is 18.2 Å². The van der Waals surface area contributed by atoms with Crippen LogP contribution in [0.2, 0.25) is 0 Å². The zero-order valence-electron chi connectivity index (χ0n) is 12.0. The van der Waals surface area contributed by atoms with Crippen LogP contribution in [-0.2, 0) is 4.74 Å². The van der Waals surface area contributed by atoms with Crippen molar-refractivity contribution in [3.63, 3.8) is 0 Å². The van der Waals surface area contributed by atoms with Gasteiger partial charge in [0.25, 0.3) is 0 Å². The van der Waals surface area contributed by atoms with Gasteiger partial charge in [-0.3, -0.25) is 0 Å². The van der Waals surface area contributed by atoms with Gasteiger partial charge in [0.2, 0.25) is 0 Å². The first-order valence-corrected chi connectivity index (χ1v) is 8.55. The Morgan fingerprint density at radius 2 is 2.24 bits per heavy atom. The maximum atomic E-state index is 11.6. The second kappa shape index (κ2) is 7.69. The summed E-state index contributed by atoms with van der Waals surface area (Å²) in [5.41, 5.74) is 2.54. The topological polar surface area (TPSA) is 38.3 Å². The van der Waals surface area contributed by atoms with E-state index in [1.165, 1.54) is 7.11 Å². The normalized spacial score (nSPS) is 14.0. The molecular formula is C16H16BrNO2S. The molecular weight excluding hydrogens is 350 g/mol. The molecule has 0 saturated heterocycles. The van der Waals surface area contributed by atoms with Crippen molar-refractivity contribution in [2.45, 2.75) is 11.3 Å². The highest BCUT2D eigenvalue weighted by atomic mass is 79.9. The van der Waals surface area contributed by atoms with E-state index in [1.807, 2.05) is 12.3 Å². The summed E-state index contributed by atoms with van der Waals surface area (Å²) in [5.74, 6) is 6.07. The molecule has 1 aromatic carbocycles. The number of methoxy groups -OCH3 is 1. The van der Waals surface area contributed by atoms with Crippen LogP contribution in [0.25, 0.3) is 0 Å². The Labute approximate surface area is 137 Å². The Bertz CT molecular complexity index is 644. The van der Waals surface area contributed by atoms with Crippen LogP contribution in [0.5, 0.6) is 0 Å². The van der Waals surface area contributed by atoms with E-state index < -0.39 is 0 Å². The molecule has 2 rings (SSSR count). The summed E-state index contributed by atoms with van der Waals surface area (Å²) in [6.07, 6.45) is 5.15. The number of halogens is 1. The summed E-state index contributed by atoms with van der Waals surface area (Å²) in [6, 6.07) is 3.57. The molecule has 0 unspecified atom stereocenters. The van der Waals surface area contributed by atoms with Crippen molar-refractivity contribution < 1.29 is 9.53 Å². The average molecular weight is 366 g/mol. The highest BCUT2D eigenvalue weighted by Crippen LogP contribution is 2.29. The molecule has 1 aliphatic heterocycles. The van der Waals surface area contributed by atoms with Gasteiger partial charge in [-0.15, -0.1) is 11.8 Å². The Balaban J connectivity index is 2.37. The van der Waals surface area contributed by atoms with Crippen molar-refractivity contribution in [1.29, 1.82) is 0 Å². The Kier molecular flexibility index (Phi) is 5.92. The average Bonchev–Trinajstić information content (AvgIpc) is 2.53. The third kappa shape index (κ3) is 4.13. The van der Waals surface area contributed by atoms with Crippen molar-refractivity contribution in [3.8, 4) is 11.8 Å². The van der Waals surface area contributed by atoms with Crippen molar-refractivity contribution in [3.05, 3.63) is 39.4 Å². The van der Waals surface area contributed by atoms with Crippen LogP contribution < -0.4 is 5.32 Å². The predicted octanol–water partition coefficient (Wildman–Crippen LogP) is 3.23. The first-order valence-electron chi connectivity index (χ1n) is 6.53. The molecule has 3 nitrogen and oxygen atoms in total. The first-order chi connectivity index (χ1) is 10.2. The first kappa shape index (κ1) is 16.2. The maximum Gasteiger partial charge on any atom is 0.337 e. The van der Waals surface area contributed by atoms with Crippen LogP contribution >= 0.6 is 27.7 Å². The monoisotopic (exact) mass is 365 g/mol.